The molecule has 3 rings (SSSR count). The van der Waals surface area contributed by atoms with E-state index in [9.17, 15) is 21.6 Å². The van der Waals surface area contributed by atoms with Gasteiger partial charge < -0.3 is 11.1 Å². The molecule has 0 amide bonds. The van der Waals surface area contributed by atoms with Crippen molar-refractivity contribution < 1.29 is 21.6 Å². The van der Waals surface area contributed by atoms with Crippen LogP contribution in [0.2, 0.25) is 0 Å². The highest BCUT2D eigenvalue weighted by Gasteiger charge is 2.32. The number of thiazole rings is 1. The number of nitrogens with two attached hydrogens (primary N) is 1. The van der Waals surface area contributed by atoms with Crippen molar-refractivity contribution in [3.63, 3.8) is 0 Å². The Morgan fingerprint density at radius 2 is 1.94 bits per heavy atom. The summed E-state index contributed by atoms with van der Waals surface area (Å²) in [6.45, 7) is 0.359. The maximum Gasteiger partial charge on any atom is 0.416 e. The standard InChI is InChI=1S/C19H18F3N5O2S2/c1-27(31(28,29)15-7-3-6-14(9-15)19(20,21)22)16-11-30-18(26-16)25-10-12-4-2-5-13(8-12)17(23)24/h2-9,11H,10H2,1H3,(H3,23,24)(H,25,26). The van der Waals surface area contributed by atoms with Crippen LogP contribution in [0.3, 0.4) is 0 Å². The first-order chi connectivity index (χ1) is 14.5. The highest BCUT2D eigenvalue weighted by Crippen LogP contribution is 2.32. The highest BCUT2D eigenvalue weighted by molar-refractivity contribution is 7.92. The molecule has 0 aliphatic heterocycles. The molecule has 31 heavy (non-hydrogen) atoms. The first-order valence-electron chi connectivity index (χ1n) is 8.77. The van der Waals surface area contributed by atoms with Gasteiger partial charge in [-0.25, -0.2) is 13.4 Å². The van der Waals surface area contributed by atoms with E-state index in [1.54, 1.807) is 18.2 Å². The summed E-state index contributed by atoms with van der Waals surface area (Å²) in [4.78, 5) is 3.73. The van der Waals surface area contributed by atoms with Gasteiger partial charge in [0.05, 0.1) is 10.5 Å². The number of nitrogens with one attached hydrogen (secondary N) is 2. The molecule has 0 aliphatic rings. The average Bonchev–Trinajstić information content (AvgIpc) is 3.20. The fourth-order valence-electron chi connectivity index (χ4n) is 2.63. The minimum Gasteiger partial charge on any atom is -0.384 e. The molecule has 0 aliphatic carbocycles. The molecule has 3 aromatic rings. The minimum atomic E-state index is -4.65. The van der Waals surface area contributed by atoms with E-state index in [2.05, 4.69) is 10.3 Å². The number of nitrogens with zero attached hydrogens (tertiary/aromatic N) is 2. The summed E-state index contributed by atoms with van der Waals surface area (Å²) in [6, 6.07) is 10.6. The molecular weight excluding hydrogens is 451 g/mol. The number of benzene rings is 2. The van der Waals surface area contributed by atoms with E-state index in [0.29, 0.717) is 23.3 Å². The molecule has 0 saturated heterocycles. The fraction of sp³-hybridized carbons (Fsp3) is 0.158. The summed E-state index contributed by atoms with van der Waals surface area (Å²) in [6.07, 6.45) is -4.65. The number of anilines is 2. The zero-order valence-corrected chi connectivity index (χ0v) is 17.8. The van der Waals surface area contributed by atoms with Crippen molar-refractivity contribution in [3.05, 3.63) is 70.6 Å². The van der Waals surface area contributed by atoms with Crippen molar-refractivity contribution in [2.24, 2.45) is 5.73 Å². The second-order valence-electron chi connectivity index (χ2n) is 6.48. The molecule has 7 nitrogen and oxygen atoms in total. The zero-order valence-electron chi connectivity index (χ0n) is 16.1. The van der Waals surface area contributed by atoms with Crippen LogP contribution < -0.4 is 15.4 Å². The van der Waals surface area contributed by atoms with Crippen molar-refractivity contribution in [2.45, 2.75) is 17.6 Å². The molecular formula is C19H18F3N5O2S2. The number of sulfonamides is 1. The van der Waals surface area contributed by atoms with E-state index >= 15 is 0 Å². The fourth-order valence-corrected chi connectivity index (χ4v) is 4.61. The molecule has 0 spiro atoms. The van der Waals surface area contributed by atoms with Gasteiger partial charge in [0, 0.05) is 24.5 Å². The van der Waals surface area contributed by atoms with Gasteiger partial charge in [-0.15, -0.1) is 11.3 Å². The zero-order chi connectivity index (χ0) is 22.8. The third kappa shape index (κ3) is 5.14. The van der Waals surface area contributed by atoms with Crippen LogP contribution in [-0.2, 0) is 22.7 Å². The Morgan fingerprint density at radius 1 is 1.23 bits per heavy atom. The molecule has 0 fully saturated rings. The number of aromatic nitrogens is 1. The number of rotatable bonds is 7. The molecule has 12 heteroatoms. The third-order valence-electron chi connectivity index (χ3n) is 4.32. The van der Waals surface area contributed by atoms with E-state index in [1.807, 2.05) is 6.07 Å². The number of hydrogen-bond donors (Lipinski definition) is 3. The Morgan fingerprint density at radius 3 is 2.61 bits per heavy atom. The van der Waals surface area contributed by atoms with Crippen LogP contribution in [0.5, 0.6) is 0 Å². The second kappa shape index (κ2) is 8.55. The first-order valence-corrected chi connectivity index (χ1v) is 11.1. The summed E-state index contributed by atoms with van der Waals surface area (Å²) in [5.41, 5.74) is 5.85. The lowest BCUT2D eigenvalue weighted by atomic mass is 10.1. The van der Waals surface area contributed by atoms with Gasteiger partial charge in [-0.2, -0.15) is 13.2 Å². The van der Waals surface area contributed by atoms with E-state index < -0.39 is 26.7 Å². The van der Waals surface area contributed by atoms with Crippen molar-refractivity contribution >= 4 is 38.1 Å². The minimum absolute atomic E-state index is 0.0557. The van der Waals surface area contributed by atoms with Gasteiger partial charge >= 0.3 is 6.18 Å². The molecule has 1 aromatic heterocycles. The second-order valence-corrected chi connectivity index (χ2v) is 9.30. The Balaban J connectivity index is 1.76. The average molecular weight is 470 g/mol. The molecule has 0 unspecified atom stereocenters. The summed E-state index contributed by atoms with van der Waals surface area (Å²) in [7, 11) is -3.00. The number of hydrogen-bond acceptors (Lipinski definition) is 6. The van der Waals surface area contributed by atoms with Crippen molar-refractivity contribution in [1.29, 1.82) is 5.41 Å². The van der Waals surface area contributed by atoms with E-state index in [4.69, 9.17) is 11.1 Å². The van der Waals surface area contributed by atoms with Gasteiger partial charge in [-0.1, -0.05) is 24.3 Å². The number of nitrogen functional groups attached to an aromatic ring is 1. The Hall–Kier alpha value is -3.12. The molecule has 2 aromatic carbocycles. The summed E-state index contributed by atoms with van der Waals surface area (Å²) in [5, 5.41) is 12.4. The maximum absolute atomic E-state index is 12.9. The molecule has 0 saturated carbocycles. The van der Waals surface area contributed by atoms with Gasteiger partial charge in [0.2, 0.25) is 0 Å². The Labute approximate surface area is 180 Å². The molecule has 1 heterocycles. The quantitative estimate of drug-likeness (QED) is 0.359. The van der Waals surface area contributed by atoms with Crippen LogP contribution in [0.25, 0.3) is 0 Å². The monoisotopic (exact) mass is 469 g/mol. The van der Waals surface area contributed by atoms with Crippen LogP contribution in [0, 0.1) is 5.41 Å². The SMILES string of the molecule is CN(c1csc(NCc2cccc(C(=N)N)c2)n1)S(=O)(=O)c1cccc(C(F)(F)F)c1. The van der Waals surface area contributed by atoms with Crippen LogP contribution in [0.1, 0.15) is 16.7 Å². The van der Waals surface area contributed by atoms with Gasteiger partial charge in [0.1, 0.15) is 5.84 Å². The van der Waals surface area contributed by atoms with Crippen molar-refractivity contribution in [1.82, 2.24) is 4.98 Å². The molecule has 0 atom stereocenters. The summed E-state index contributed by atoms with van der Waals surface area (Å²) < 4.78 is 65.2. The molecule has 164 valence electrons. The molecule has 0 bridgehead atoms. The molecule has 0 radical (unpaired) electrons. The van der Waals surface area contributed by atoms with Gasteiger partial charge in [-0.3, -0.25) is 9.71 Å². The van der Waals surface area contributed by atoms with Crippen LogP contribution >= 0.6 is 11.3 Å². The van der Waals surface area contributed by atoms with Gasteiger partial charge in [-0.05, 0) is 29.8 Å². The highest BCUT2D eigenvalue weighted by atomic mass is 32.2. The summed E-state index contributed by atoms with van der Waals surface area (Å²) >= 11 is 1.15. The van der Waals surface area contributed by atoms with Crippen molar-refractivity contribution in [3.8, 4) is 0 Å². The maximum atomic E-state index is 12.9. The van der Waals surface area contributed by atoms with E-state index in [1.165, 1.54) is 12.4 Å². The predicted molar refractivity (Wildman–Crippen MR) is 114 cm³/mol. The topological polar surface area (TPSA) is 112 Å². The van der Waals surface area contributed by atoms with Crippen LogP contribution in [0.4, 0.5) is 24.1 Å². The lowest BCUT2D eigenvalue weighted by Crippen LogP contribution is -2.27. The van der Waals surface area contributed by atoms with Crippen LogP contribution in [0.15, 0.2) is 58.8 Å². The number of amidine groups is 1. The van der Waals surface area contributed by atoms with Crippen LogP contribution in [-0.4, -0.2) is 26.3 Å². The largest absolute Gasteiger partial charge is 0.416 e. The van der Waals surface area contributed by atoms with Gasteiger partial charge in [0.25, 0.3) is 10.0 Å². The number of alkyl halides is 3. The Kier molecular flexibility index (Phi) is 6.23. The molecule has 4 N–H and O–H groups in total. The smallest absolute Gasteiger partial charge is 0.384 e. The lowest BCUT2D eigenvalue weighted by molar-refractivity contribution is -0.137. The number of halogens is 3. The normalized spacial score (nSPS) is 11.9. The van der Waals surface area contributed by atoms with E-state index in [-0.39, 0.29) is 11.7 Å². The van der Waals surface area contributed by atoms with Crippen molar-refractivity contribution in [2.75, 3.05) is 16.7 Å². The predicted octanol–water partition coefficient (Wildman–Crippen LogP) is 3.88. The van der Waals surface area contributed by atoms with E-state index in [0.717, 1.165) is 39.4 Å². The van der Waals surface area contributed by atoms with Gasteiger partial charge in [0.15, 0.2) is 10.9 Å². The third-order valence-corrected chi connectivity index (χ3v) is 6.86. The lowest BCUT2D eigenvalue weighted by Gasteiger charge is -2.17. The Bertz CT molecular complexity index is 1210. The first kappa shape index (κ1) is 22.6. The summed E-state index contributed by atoms with van der Waals surface area (Å²) in [5.74, 6) is 0.0159.